The van der Waals surface area contributed by atoms with Gasteiger partial charge < -0.3 is 15.5 Å². The fraction of sp³-hybridized carbons (Fsp3) is 0.680. The van der Waals surface area contributed by atoms with E-state index in [0.29, 0.717) is 18.3 Å². The Balaban J connectivity index is 1.47. The number of amides is 2. The van der Waals surface area contributed by atoms with E-state index in [1.54, 1.807) is 6.07 Å². The smallest absolute Gasteiger partial charge is 0.243 e. The summed E-state index contributed by atoms with van der Waals surface area (Å²) in [5.74, 6) is -0.397. The third-order valence-corrected chi connectivity index (χ3v) is 7.49. The van der Waals surface area contributed by atoms with Crippen molar-refractivity contribution in [2.24, 2.45) is 5.41 Å². The zero-order chi connectivity index (χ0) is 22.2. The van der Waals surface area contributed by atoms with Crippen LogP contribution >= 0.6 is 0 Å². The van der Waals surface area contributed by atoms with E-state index in [1.165, 1.54) is 12.5 Å². The van der Waals surface area contributed by atoms with E-state index in [4.69, 9.17) is 0 Å². The van der Waals surface area contributed by atoms with Crippen molar-refractivity contribution in [1.29, 1.82) is 0 Å². The van der Waals surface area contributed by atoms with Crippen molar-refractivity contribution >= 4 is 11.8 Å². The van der Waals surface area contributed by atoms with Gasteiger partial charge in [0.05, 0.1) is 6.04 Å². The Labute approximate surface area is 185 Å². The summed E-state index contributed by atoms with van der Waals surface area (Å²) in [6.45, 7) is 10.0. The fourth-order valence-corrected chi connectivity index (χ4v) is 5.45. The average molecular weight is 430 g/mol. The summed E-state index contributed by atoms with van der Waals surface area (Å²) >= 11 is 0. The molecule has 5 nitrogen and oxygen atoms in total. The van der Waals surface area contributed by atoms with Crippen LogP contribution in [0.2, 0.25) is 0 Å². The predicted molar refractivity (Wildman–Crippen MR) is 119 cm³/mol. The molecule has 0 bridgehead atoms. The molecule has 2 aliphatic heterocycles. The van der Waals surface area contributed by atoms with Crippen molar-refractivity contribution in [1.82, 2.24) is 15.5 Å². The van der Waals surface area contributed by atoms with E-state index in [9.17, 15) is 14.0 Å². The van der Waals surface area contributed by atoms with E-state index in [2.05, 4.69) is 36.3 Å². The highest BCUT2D eigenvalue weighted by Gasteiger charge is 2.43. The van der Waals surface area contributed by atoms with Crippen molar-refractivity contribution in [2.45, 2.75) is 83.2 Å². The number of hydrogen-bond donors (Lipinski definition) is 2. The molecule has 31 heavy (non-hydrogen) atoms. The number of rotatable bonds is 4. The minimum Gasteiger partial charge on any atom is -0.348 e. The first-order valence-corrected chi connectivity index (χ1v) is 11.8. The highest BCUT2D eigenvalue weighted by molar-refractivity contribution is 5.91. The maximum Gasteiger partial charge on any atom is 0.243 e. The molecule has 170 valence electrons. The Bertz CT molecular complexity index is 840. The van der Waals surface area contributed by atoms with Crippen LogP contribution < -0.4 is 10.6 Å². The SMILES string of the molecule is CC(C)(C)CCN1CCC2(CC[C@@H](NC(=O)[C@@H]3CCC(=O)N3)c3ccc(F)cc32)CC1. The summed E-state index contributed by atoms with van der Waals surface area (Å²) in [5, 5.41) is 5.88. The first kappa shape index (κ1) is 22.3. The number of hydrogen-bond acceptors (Lipinski definition) is 3. The molecule has 2 atom stereocenters. The van der Waals surface area contributed by atoms with Gasteiger partial charge >= 0.3 is 0 Å². The number of likely N-dealkylation sites (tertiary alicyclic amines) is 1. The molecule has 1 aromatic rings. The zero-order valence-electron chi connectivity index (χ0n) is 19.1. The number of halogens is 1. The molecule has 2 heterocycles. The molecule has 1 aliphatic carbocycles. The molecule has 1 aromatic carbocycles. The van der Waals surface area contributed by atoms with Gasteiger partial charge in [-0.2, -0.15) is 0 Å². The molecule has 2 amide bonds. The van der Waals surface area contributed by atoms with Crippen LogP contribution in [0.15, 0.2) is 18.2 Å². The Morgan fingerprint density at radius 1 is 1.23 bits per heavy atom. The molecule has 0 unspecified atom stereocenters. The Hall–Kier alpha value is -1.95. The van der Waals surface area contributed by atoms with Gasteiger partial charge in [-0.05, 0) is 92.2 Å². The Kier molecular flexibility index (Phi) is 6.12. The molecule has 3 aliphatic rings. The average Bonchev–Trinajstić information content (AvgIpc) is 3.16. The maximum atomic E-state index is 14.3. The van der Waals surface area contributed by atoms with Crippen molar-refractivity contribution in [3.8, 4) is 0 Å². The lowest BCUT2D eigenvalue weighted by Gasteiger charge is -2.47. The second kappa shape index (κ2) is 8.53. The molecule has 6 heteroatoms. The van der Waals surface area contributed by atoms with E-state index in [-0.39, 0.29) is 29.1 Å². The van der Waals surface area contributed by atoms with Gasteiger partial charge in [-0.1, -0.05) is 26.8 Å². The molecular weight excluding hydrogens is 393 g/mol. The third-order valence-electron chi connectivity index (χ3n) is 7.49. The fourth-order valence-electron chi connectivity index (χ4n) is 5.45. The van der Waals surface area contributed by atoms with Crippen LogP contribution in [0.5, 0.6) is 0 Å². The summed E-state index contributed by atoms with van der Waals surface area (Å²) in [5.41, 5.74) is 2.46. The summed E-state index contributed by atoms with van der Waals surface area (Å²) in [7, 11) is 0. The van der Waals surface area contributed by atoms with Gasteiger partial charge in [-0.15, -0.1) is 0 Å². The zero-order valence-corrected chi connectivity index (χ0v) is 19.1. The number of nitrogens with zero attached hydrogens (tertiary/aromatic N) is 1. The van der Waals surface area contributed by atoms with Crippen molar-refractivity contribution in [3.05, 3.63) is 35.1 Å². The van der Waals surface area contributed by atoms with Crippen LogP contribution in [0.3, 0.4) is 0 Å². The molecule has 0 saturated carbocycles. The maximum absolute atomic E-state index is 14.3. The van der Waals surface area contributed by atoms with Gasteiger partial charge in [-0.3, -0.25) is 9.59 Å². The van der Waals surface area contributed by atoms with Crippen LogP contribution in [0, 0.1) is 11.2 Å². The normalized spacial score (nSPS) is 25.9. The molecule has 2 fully saturated rings. The van der Waals surface area contributed by atoms with Gasteiger partial charge in [0.2, 0.25) is 11.8 Å². The van der Waals surface area contributed by atoms with Gasteiger partial charge in [0.1, 0.15) is 11.9 Å². The molecule has 2 saturated heterocycles. The number of carbonyl (C=O) groups is 2. The number of fused-ring (bicyclic) bond motifs is 2. The van der Waals surface area contributed by atoms with Crippen molar-refractivity contribution in [2.75, 3.05) is 19.6 Å². The second-order valence-electron chi connectivity index (χ2n) is 10.9. The van der Waals surface area contributed by atoms with Gasteiger partial charge in [0.25, 0.3) is 0 Å². The largest absolute Gasteiger partial charge is 0.348 e. The quantitative estimate of drug-likeness (QED) is 0.765. The van der Waals surface area contributed by atoms with Crippen LogP contribution in [0.25, 0.3) is 0 Å². The predicted octanol–water partition coefficient (Wildman–Crippen LogP) is 3.83. The molecule has 0 radical (unpaired) electrons. The van der Waals surface area contributed by atoms with E-state index >= 15 is 0 Å². The molecular formula is C25H36FN3O2. The van der Waals surface area contributed by atoms with E-state index in [0.717, 1.165) is 56.4 Å². The number of carbonyl (C=O) groups excluding carboxylic acids is 2. The minimum absolute atomic E-state index is 0.00152. The second-order valence-corrected chi connectivity index (χ2v) is 10.9. The highest BCUT2D eigenvalue weighted by Crippen LogP contribution is 2.48. The van der Waals surface area contributed by atoms with Crippen LogP contribution in [0.1, 0.15) is 82.9 Å². The summed E-state index contributed by atoms with van der Waals surface area (Å²) in [6, 6.07) is 4.50. The van der Waals surface area contributed by atoms with Crippen LogP contribution in [-0.2, 0) is 15.0 Å². The van der Waals surface area contributed by atoms with E-state index < -0.39 is 6.04 Å². The monoisotopic (exact) mass is 429 g/mol. The summed E-state index contributed by atoms with van der Waals surface area (Å²) < 4.78 is 14.3. The topological polar surface area (TPSA) is 61.4 Å². The number of piperidine rings is 1. The first-order valence-electron chi connectivity index (χ1n) is 11.8. The van der Waals surface area contributed by atoms with Crippen LogP contribution in [-0.4, -0.2) is 42.4 Å². The van der Waals surface area contributed by atoms with Crippen molar-refractivity contribution < 1.29 is 14.0 Å². The van der Waals surface area contributed by atoms with Gasteiger partial charge in [-0.25, -0.2) is 4.39 Å². The molecule has 0 aromatic heterocycles. The van der Waals surface area contributed by atoms with Crippen LogP contribution in [0.4, 0.5) is 4.39 Å². The first-order chi connectivity index (χ1) is 14.7. The lowest BCUT2D eigenvalue weighted by molar-refractivity contribution is -0.126. The lowest BCUT2D eigenvalue weighted by atomic mass is 9.63. The Morgan fingerprint density at radius 3 is 2.61 bits per heavy atom. The molecule has 2 N–H and O–H groups in total. The van der Waals surface area contributed by atoms with Gasteiger partial charge in [0, 0.05) is 6.42 Å². The lowest BCUT2D eigenvalue weighted by Crippen LogP contribution is -2.48. The minimum atomic E-state index is -0.446. The number of benzene rings is 1. The number of nitrogens with one attached hydrogen (secondary N) is 2. The molecule has 1 spiro atoms. The van der Waals surface area contributed by atoms with Crippen molar-refractivity contribution in [3.63, 3.8) is 0 Å². The standard InChI is InChI=1S/C25H36FN3O2/c1-24(2,3)10-13-29-14-11-25(12-15-29)9-8-20(18-5-4-17(26)16-19(18)25)28-23(31)21-6-7-22(30)27-21/h4-5,16,20-21H,6-15H2,1-3H3,(H,27,30)(H,28,31)/t20-,21+/m1/s1. The summed E-state index contributed by atoms with van der Waals surface area (Å²) in [6.07, 6.45) is 6.00. The van der Waals surface area contributed by atoms with Gasteiger partial charge in [0.15, 0.2) is 0 Å². The third kappa shape index (κ3) is 4.94. The summed E-state index contributed by atoms with van der Waals surface area (Å²) in [4.78, 5) is 26.7. The molecule has 4 rings (SSSR count). The van der Waals surface area contributed by atoms with E-state index in [1.807, 2.05) is 6.07 Å². The highest BCUT2D eigenvalue weighted by atomic mass is 19.1. The Morgan fingerprint density at radius 2 is 1.97 bits per heavy atom.